The summed E-state index contributed by atoms with van der Waals surface area (Å²) in [4.78, 5) is 11.2. The van der Waals surface area contributed by atoms with E-state index in [1.54, 1.807) is 6.92 Å². The summed E-state index contributed by atoms with van der Waals surface area (Å²) in [7, 11) is -3.86. The SMILES string of the molecule is CCN(Cc1ccccc1)S(=O)(=O)NC(CC(C)C)C(=O)O. The van der Waals surface area contributed by atoms with Gasteiger partial charge in [0, 0.05) is 13.1 Å². The van der Waals surface area contributed by atoms with Gasteiger partial charge in [-0.2, -0.15) is 17.4 Å². The maximum Gasteiger partial charge on any atom is 0.321 e. The van der Waals surface area contributed by atoms with Crippen LogP contribution < -0.4 is 4.72 Å². The fourth-order valence-corrected chi connectivity index (χ4v) is 3.44. The van der Waals surface area contributed by atoms with Crippen molar-refractivity contribution in [3.63, 3.8) is 0 Å². The molecule has 22 heavy (non-hydrogen) atoms. The molecule has 0 spiro atoms. The monoisotopic (exact) mass is 328 g/mol. The van der Waals surface area contributed by atoms with E-state index >= 15 is 0 Å². The zero-order valence-electron chi connectivity index (χ0n) is 13.2. The van der Waals surface area contributed by atoms with E-state index in [1.807, 2.05) is 44.2 Å². The second-order valence-electron chi connectivity index (χ2n) is 5.56. The molecule has 7 heteroatoms. The number of carboxylic acid groups (broad SMARTS) is 1. The maximum absolute atomic E-state index is 12.4. The summed E-state index contributed by atoms with van der Waals surface area (Å²) in [5, 5.41) is 9.18. The summed E-state index contributed by atoms with van der Waals surface area (Å²) in [5.41, 5.74) is 0.852. The number of carbonyl (C=O) groups is 1. The molecule has 0 radical (unpaired) electrons. The fourth-order valence-electron chi connectivity index (χ4n) is 2.08. The molecular formula is C15H24N2O4S. The van der Waals surface area contributed by atoms with E-state index in [4.69, 9.17) is 0 Å². The van der Waals surface area contributed by atoms with Crippen LogP contribution in [0.25, 0.3) is 0 Å². The molecule has 1 rings (SSSR count). The van der Waals surface area contributed by atoms with Gasteiger partial charge in [0.15, 0.2) is 0 Å². The lowest BCUT2D eigenvalue weighted by Gasteiger charge is -2.24. The molecule has 0 bridgehead atoms. The Morgan fingerprint density at radius 2 is 1.86 bits per heavy atom. The molecule has 0 aliphatic carbocycles. The molecule has 0 amide bonds. The summed E-state index contributed by atoms with van der Waals surface area (Å²) < 4.78 is 28.4. The number of carboxylic acids is 1. The predicted molar refractivity (Wildman–Crippen MR) is 85.5 cm³/mol. The van der Waals surface area contributed by atoms with E-state index in [9.17, 15) is 18.3 Å². The lowest BCUT2D eigenvalue weighted by atomic mass is 10.1. The van der Waals surface area contributed by atoms with Gasteiger partial charge in [0.1, 0.15) is 6.04 Å². The van der Waals surface area contributed by atoms with Crippen molar-refractivity contribution < 1.29 is 18.3 Å². The quantitative estimate of drug-likeness (QED) is 0.724. The molecule has 0 aliphatic heterocycles. The third-order valence-electron chi connectivity index (χ3n) is 3.19. The molecule has 0 aliphatic rings. The van der Waals surface area contributed by atoms with Gasteiger partial charge in [-0.1, -0.05) is 51.1 Å². The number of hydrogen-bond donors (Lipinski definition) is 2. The van der Waals surface area contributed by atoms with Crippen molar-refractivity contribution in [2.24, 2.45) is 5.92 Å². The van der Waals surface area contributed by atoms with Crippen molar-refractivity contribution in [1.29, 1.82) is 0 Å². The van der Waals surface area contributed by atoms with Crippen molar-refractivity contribution >= 4 is 16.2 Å². The molecule has 0 heterocycles. The standard InChI is InChI=1S/C15H24N2O4S/c1-4-17(11-13-8-6-5-7-9-13)22(20,21)16-14(15(18)19)10-12(2)3/h5-9,12,14,16H,4,10-11H2,1-3H3,(H,18,19). The topological polar surface area (TPSA) is 86.7 Å². The minimum Gasteiger partial charge on any atom is -0.480 e. The van der Waals surface area contributed by atoms with E-state index in [0.717, 1.165) is 5.56 Å². The van der Waals surface area contributed by atoms with E-state index in [1.165, 1.54) is 4.31 Å². The van der Waals surface area contributed by atoms with E-state index in [2.05, 4.69) is 4.72 Å². The fraction of sp³-hybridized carbons (Fsp3) is 0.533. The smallest absolute Gasteiger partial charge is 0.321 e. The number of hydrogen-bond acceptors (Lipinski definition) is 3. The first kappa shape index (κ1) is 18.6. The van der Waals surface area contributed by atoms with Gasteiger partial charge in [0.2, 0.25) is 0 Å². The molecule has 1 aromatic carbocycles. The minimum atomic E-state index is -3.86. The Balaban J connectivity index is 2.86. The Kier molecular flexibility index (Phi) is 6.99. The Morgan fingerprint density at radius 3 is 2.32 bits per heavy atom. The van der Waals surface area contributed by atoms with Gasteiger partial charge in [-0.05, 0) is 17.9 Å². The second kappa shape index (κ2) is 8.26. The zero-order valence-corrected chi connectivity index (χ0v) is 14.0. The van der Waals surface area contributed by atoms with Crippen LogP contribution in [-0.4, -0.2) is 36.4 Å². The Morgan fingerprint density at radius 1 is 1.27 bits per heavy atom. The van der Waals surface area contributed by atoms with Crippen LogP contribution in [0.2, 0.25) is 0 Å². The maximum atomic E-state index is 12.4. The molecule has 1 unspecified atom stereocenters. The summed E-state index contributed by atoms with van der Waals surface area (Å²) in [6, 6.07) is 8.08. The van der Waals surface area contributed by atoms with Crippen LogP contribution in [0.4, 0.5) is 0 Å². The Labute approximate surface area is 132 Å². The minimum absolute atomic E-state index is 0.0769. The number of nitrogens with zero attached hydrogens (tertiary/aromatic N) is 1. The third-order valence-corrected chi connectivity index (χ3v) is 4.84. The largest absolute Gasteiger partial charge is 0.480 e. The van der Waals surface area contributed by atoms with Crippen LogP contribution in [-0.2, 0) is 21.5 Å². The van der Waals surface area contributed by atoms with Crippen LogP contribution in [0.3, 0.4) is 0 Å². The van der Waals surface area contributed by atoms with Gasteiger partial charge < -0.3 is 5.11 Å². The summed E-state index contributed by atoms with van der Waals surface area (Å²) in [6.45, 7) is 5.90. The van der Waals surface area contributed by atoms with Crippen molar-refractivity contribution in [1.82, 2.24) is 9.03 Å². The molecule has 0 saturated carbocycles. The first-order valence-corrected chi connectivity index (χ1v) is 8.74. The predicted octanol–water partition coefficient (Wildman–Crippen LogP) is 1.84. The van der Waals surface area contributed by atoms with Crippen molar-refractivity contribution in [2.75, 3.05) is 6.54 Å². The van der Waals surface area contributed by atoms with Gasteiger partial charge in [-0.15, -0.1) is 0 Å². The molecule has 124 valence electrons. The molecule has 0 aromatic heterocycles. The highest BCUT2D eigenvalue weighted by atomic mass is 32.2. The van der Waals surface area contributed by atoms with Crippen LogP contribution in [0.15, 0.2) is 30.3 Å². The summed E-state index contributed by atoms with van der Waals surface area (Å²) in [6.07, 6.45) is 0.247. The van der Waals surface area contributed by atoms with Gasteiger partial charge >= 0.3 is 5.97 Å². The van der Waals surface area contributed by atoms with E-state index in [0.29, 0.717) is 0 Å². The average molecular weight is 328 g/mol. The number of nitrogens with one attached hydrogen (secondary N) is 1. The molecule has 2 N–H and O–H groups in total. The van der Waals surface area contributed by atoms with E-state index < -0.39 is 22.2 Å². The van der Waals surface area contributed by atoms with Crippen LogP contribution in [0.1, 0.15) is 32.8 Å². The van der Waals surface area contributed by atoms with Crippen molar-refractivity contribution in [3.8, 4) is 0 Å². The second-order valence-corrected chi connectivity index (χ2v) is 7.26. The van der Waals surface area contributed by atoms with Crippen LogP contribution >= 0.6 is 0 Å². The average Bonchev–Trinajstić information content (AvgIpc) is 2.44. The summed E-state index contributed by atoms with van der Waals surface area (Å²) in [5.74, 6) is -1.08. The Hall–Kier alpha value is -1.44. The molecule has 1 atom stereocenters. The highest BCUT2D eigenvalue weighted by molar-refractivity contribution is 7.87. The highest BCUT2D eigenvalue weighted by Gasteiger charge is 2.28. The number of rotatable bonds is 9. The van der Waals surface area contributed by atoms with Gasteiger partial charge in [0.25, 0.3) is 10.2 Å². The number of benzene rings is 1. The normalized spacial score (nSPS) is 13.5. The van der Waals surface area contributed by atoms with Crippen LogP contribution in [0.5, 0.6) is 0 Å². The first-order valence-electron chi connectivity index (χ1n) is 7.30. The van der Waals surface area contributed by atoms with Crippen LogP contribution in [0, 0.1) is 5.92 Å². The molecule has 6 nitrogen and oxygen atoms in total. The van der Waals surface area contributed by atoms with Gasteiger partial charge in [-0.25, -0.2) is 0 Å². The van der Waals surface area contributed by atoms with Gasteiger partial charge in [-0.3, -0.25) is 4.79 Å². The lowest BCUT2D eigenvalue weighted by Crippen LogP contribution is -2.48. The zero-order chi connectivity index (χ0) is 16.8. The molecule has 0 saturated heterocycles. The van der Waals surface area contributed by atoms with Gasteiger partial charge in [0.05, 0.1) is 0 Å². The van der Waals surface area contributed by atoms with Crippen molar-refractivity contribution in [2.45, 2.75) is 39.8 Å². The molecule has 1 aromatic rings. The van der Waals surface area contributed by atoms with Crippen molar-refractivity contribution in [3.05, 3.63) is 35.9 Å². The highest BCUT2D eigenvalue weighted by Crippen LogP contribution is 2.11. The molecular weight excluding hydrogens is 304 g/mol. The first-order chi connectivity index (χ1) is 10.3. The molecule has 0 fully saturated rings. The lowest BCUT2D eigenvalue weighted by molar-refractivity contribution is -0.139. The summed E-state index contributed by atoms with van der Waals surface area (Å²) >= 11 is 0. The van der Waals surface area contributed by atoms with E-state index in [-0.39, 0.29) is 25.4 Å². The number of aliphatic carboxylic acids is 1. The Bertz CT molecular complexity index is 572. The third kappa shape index (κ3) is 5.75.